The van der Waals surface area contributed by atoms with Crippen molar-refractivity contribution in [2.75, 3.05) is 29.9 Å². The van der Waals surface area contributed by atoms with Gasteiger partial charge in [0.05, 0.1) is 24.9 Å². The first kappa shape index (κ1) is 17.7. The van der Waals surface area contributed by atoms with Crippen molar-refractivity contribution in [1.29, 1.82) is 0 Å². The van der Waals surface area contributed by atoms with E-state index in [4.69, 9.17) is 0 Å². The number of hydrogen-bond acceptors (Lipinski definition) is 5. The lowest BCUT2D eigenvalue weighted by atomic mass is 10.1. The van der Waals surface area contributed by atoms with Crippen LogP contribution in [0.2, 0.25) is 0 Å². The number of carbonyl (C=O) groups excluding carboxylic acids is 1. The predicted octanol–water partition coefficient (Wildman–Crippen LogP) is 2.32. The monoisotopic (exact) mass is 367 g/mol. The van der Waals surface area contributed by atoms with Crippen molar-refractivity contribution in [2.45, 2.75) is 39.0 Å². The molecule has 3 heterocycles. The number of aryl methyl sites for hydroxylation is 1. The summed E-state index contributed by atoms with van der Waals surface area (Å²) in [7, 11) is 1.80. The molecule has 4 rings (SSSR count). The molecule has 142 valence electrons. The zero-order valence-electron chi connectivity index (χ0n) is 15.8. The first-order valence-electron chi connectivity index (χ1n) is 9.38. The number of fused-ring (bicyclic) bond motifs is 1. The van der Waals surface area contributed by atoms with Crippen LogP contribution in [0.1, 0.15) is 29.7 Å². The maximum atomic E-state index is 13.0. The number of rotatable bonds is 2. The Bertz CT molecular complexity index is 831. The number of benzene rings is 1. The number of hydrogen-bond donors (Lipinski definition) is 1. The minimum Gasteiger partial charge on any atom is -0.393 e. The molecular formula is C20H25N5O2. The highest BCUT2D eigenvalue weighted by atomic mass is 16.3. The van der Waals surface area contributed by atoms with Crippen LogP contribution in [0.15, 0.2) is 30.6 Å². The fourth-order valence-corrected chi connectivity index (χ4v) is 3.74. The van der Waals surface area contributed by atoms with E-state index in [0.29, 0.717) is 13.1 Å². The molecule has 0 radical (unpaired) electrons. The minimum atomic E-state index is -0.238. The molecule has 2 aliphatic rings. The molecule has 0 spiro atoms. The lowest BCUT2D eigenvalue weighted by molar-refractivity contribution is 0.145. The second kappa shape index (κ2) is 7.15. The lowest BCUT2D eigenvalue weighted by Crippen LogP contribution is -2.39. The first-order valence-corrected chi connectivity index (χ1v) is 9.38. The number of nitrogens with zero attached hydrogens (tertiary/aromatic N) is 5. The molecule has 7 heteroatoms. The Kier molecular flexibility index (Phi) is 4.70. The van der Waals surface area contributed by atoms with Crippen LogP contribution in [-0.4, -0.2) is 52.2 Å². The highest BCUT2D eigenvalue weighted by Crippen LogP contribution is 2.30. The molecule has 1 aromatic carbocycles. The number of urea groups is 1. The number of anilines is 2. The summed E-state index contributed by atoms with van der Waals surface area (Å²) < 4.78 is 0. The van der Waals surface area contributed by atoms with Gasteiger partial charge in [-0.05, 0) is 31.9 Å². The third kappa shape index (κ3) is 3.47. The van der Waals surface area contributed by atoms with Crippen LogP contribution in [0, 0.1) is 6.92 Å². The number of aliphatic hydroxyl groups excluding tert-OH is 1. The number of amides is 2. The zero-order chi connectivity index (χ0) is 19.0. The van der Waals surface area contributed by atoms with Gasteiger partial charge in [0, 0.05) is 31.4 Å². The van der Waals surface area contributed by atoms with E-state index in [-0.39, 0.29) is 12.1 Å². The molecular weight excluding hydrogens is 342 g/mol. The Labute approximate surface area is 159 Å². The lowest BCUT2D eigenvalue weighted by Gasteiger charge is -2.32. The molecule has 2 aliphatic heterocycles. The van der Waals surface area contributed by atoms with Crippen molar-refractivity contribution < 1.29 is 9.90 Å². The number of carbonyl (C=O) groups is 1. The quantitative estimate of drug-likeness (QED) is 0.882. The molecule has 0 aliphatic carbocycles. The molecule has 1 N–H and O–H groups in total. The van der Waals surface area contributed by atoms with Crippen molar-refractivity contribution in [1.82, 2.24) is 14.9 Å². The Hall–Kier alpha value is -2.67. The van der Waals surface area contributed by atoms with Crippen LogP contribution < -0.4 is 9.80 Å². The summed E-state index contributed by atoms with van der Waals surface area (Å²) in [4.78, 5) is 27.7. The number of piperidine rings is 1. The summed E-state index contributed by atoms with van der Waals surface area (Å²) in [6.45, 7) is 4.46. The van der Waals surface area contributed by atoms with E-state index in [0.717, 1.165) is 54.3 Å². The van der Waals surface area contributed by atoms with Gasteiger partial charge in [-0.2, -0.15) is 0 Å². The Morgan fingerprint density at radius 1 is 1.07 bits per heavy atom. The van der Waals surface area contributed by atoms with Crippen molar-refractivity contribution in [3.63, 3.8) is 0 Å². The van der Waals surface area contributed by atoms with Gasteiger partial charge in [0.2, 0.25) is 0 Å². The summed E-state index contributed by atoms with van der Waals surface area (Å²) in [5, 5.41) is 9.82. The fourth-order valence-electron chi connectivity index (χ4n) is 3.74. The molecule has 0 saturated carbocycles. The van der Waals surface area contributed by atoms with E-state index in [1.165, 1.54) is 0 Å². The summed E-state index contributed by atoms with van der Waals surface area (Å²) in [5.74, 6) is 0.882. The van der Waals surface area contributed by atoms with E-state index in [9.17, 15) is 9.90 Å². The second-order valence-electron chi connectivity index (χ2n) is 7.40. The zero-order valence-corrected chi connectivity index (χ0v) is 15.8. The van der Waals surface area contributed by atoms with Crippen LogP contribution in [0.25, 0.3) is 0 Å². The van der Waals surface area contributed by atoms with Crippen molar-refractivity contribution >= 4 is 17.5 Å². The van der Waals surface area contributed by atoms with Gasteiger partial charge < -0.3 is 14.9 Å². The molecule has 1 aromatic heterocycles. The Morgan fingerprint density at radius 3 is 2.48 bits per heavy atom. The molecule has 2 amide bonds. The first-order chi connectivity index (χ1) is 13.0. The molecule has 1 saturated heterocycles. The summed E-state index contributed by atoms with van der Waals surface area (Å²) in [6.07, 6.45) is 2.82. The van der Waals surface area contributed by atoms with Gasteiger partial charge in [-0.25, -0.2) is 14.8 Å². The normalized spacial score (nSPS) is 18.5. The number of aromatic nitrogens is 2. The van der Waals surface area contributed by atoms with E-state index in [1.807, 2.05) is 31.2 Å². The van der Waals surface area contributed by atoms with Gasteiger partial charge in [-0.1, -0.05) is 17.7 Å². The van der Waals surface area contributed by atoms with E-state index in [1.54, 1.807) is 23.2 Å². The standard InChI is InChI=1S/C20H25N5O2/c1-14-3-5-15(6-4-14)25-11-17-18(12-23(2)20(25)27)21-13-22-19(17)24-9-7-16(26)8-10-24/h3-6,13,16,26H,7-12H2,1-2H3. The van der Waals surface area contributed by atoms with Crippen molar-refractivity contribution in [3.05, 3.63) is 47.4 Å². The predicted molar refractivity (Wildman–Crippen MR) is 104 cm³/mol. The summed E-state index contributed by atoms with van der Waals surface area (Å²) >= 11 is 0. The third-order valence-electron chi connectivity index (χ3n) is 5.38. The maximum absolute atomic E-state index is 13.0. The van der Waals surface area contributed by atoms with E-state index >= 15 is 0 Å². The van der Waals surface area contributed by atoms with Gasteiger partial charge in [-0.3, -0.25) is 4.90 Å². The number of aliphatic hydroxyl groups is 1. The largest absolute Gasteiger partial charge is 0.393 e. The van der Waals surface area contributed by atoms with Crippen LogP contribution in [0.4, 0.5) is 16.3 Å². The van der Waals surface area contributed by atoms with Crippen LogP contribution in [0.5, 0.6) is 0 Å². The fraction of sp³-hybridized carbons (Fsp3) is 0.450. The smallest absolute Gasteiger partial charge is 0.324 e. The van der Waals surface area contributed by atoms with Crippen LogP contribution >= 0.6 is 0 Å². The topological polar surface area (TPSA) is 72.8 Å². The van der Waals surface area contributed by atoms with Gasteiger partial charge in [0.15, 0.2) is 0 Å². The molecule has 2 aromatic rings. The second-order valence-corrected chi connectivity index (χ2v) is 7.40. The van der Waals surface area contributed by atoms with Crippen LogP contribution in [0.3, 0.4) is 0 Å². The average molecular weight is 367 g/mol. The third-order valence-corrected chi connectivity index (χ3v) is 5.38. The SMILES string of the molecule is Cc1ccc(N2Cc3c(ncnc3N3CCC(O)CC3)CN(C)C2=O)cc1. The van der Waals surface area contributed by atoms with Crippen molar-refractivity contribution in [3.8, 4) is 0 Å². The van der Waals surface area contributed by atoms with Crippen LogP contribution in [-0.2, 0) is 13.1 Å². The molecule has 1 fully saturated rings. The van der Waals surface area contributed by atoms with Gasteiger partial charge in [0.25, 0.3) is 0 Å². The summed E-state index contributed by atoms with van der Waals surface area (Å²) in [5.41, 5.74) is 3.91. The highest BCUT2D eigenvalue weighted by molar-refractivity contribution is 5.92. The van der Waals surface area contributed by atoms with Crippen molar-refractivity contribution in [2.24, 2.45) is 0 Å². The van der Waals surface area contributed by atoms with E-state index < -0.39 is 0 Å². The molecule has 7 nitrogen and oxygen atoms in total. The Morgan fingerprint density at radius 2 is 1.78 bits per heavy atom. The average Bonchev–Trinajstić information content (AvgIpc) is 2.80. The van der Waals surface area contributed by atoms with Gasteiger partial charge in [-0.15, -0.1) is 0 Å². The molecule has 27 heavy (non-hydrogen) atoms. The Balaban J connectivity index is 1.72. The van der Waals surface area contributed by atoms with Gasteiger partial charge in [0.1, 0.15) is 12.1 Å². The van der Waals surface area contributed by atoms with Gasteiger partial charge >= 0.3 is 6.03 Å². The maximum Gasteiger partial charge on any atom is 0.324 e. The summed E-state index contributed by atoms with van der Waals surface area (Å²) in [6, 6.07) is 7.95. The molecule has 0 bridgehead atoms. The van der Waals surface area contributed by atoms with E-state index in [2.05, 4.69) is 14.9 Å². The highest BCUT2D eigenvalue weighted by Gasteiger charge is 2.30. The molecule has 0 unspecified atom stereocenters. The minimum absolute atomic E-state index is 0.0446. The molecule has 0 atom stereocenters.